The van der Waals surface area contributed by atoms with Crippen LogP contribution in [0.5, 0.6) is 0 Å². The molecule has 174 valence electrons. The van der Waals surface area contributed by atoms with E-state index in [2.05, 4.69) is 102 Å². The molecule has 1 aliphatic carbocycles. The van der Waals surface area contributed by atoms with Crippen molar-refractivity contribution >= 4 is 22.5 Å². The molecule has 1 saturated carbocycles. The lowest BCUT2D eigenvalue weighted by atomic mass is 9.94. The molecule has 5 aromatic rings. The second-order valence-electron chi connectivity index (χ2n) is 9.48. The molecule has 1 fully saturated rings. The van der Waals surface area contributed by atoms with E-state index in [0.717, 1.165) is 22.5 Å². The van der Waals surface area contributed by atoms with Crippen LogP contribution in [0.3, 0.4) is 0 Å². The lowest BCUT2D eigenvalue weighted by molar-refractivity contribution is 0.362. The molecule has 1 N–H and O–H groups in total. The Bertz CT molecular complexity index is 1450. The van der Waals surface area contributed by atoms with Crippen LogP contribution in [-0.4, -0.2) is 14.5 Å². The van der Waals surface area contributed by atoms with Crippen molar-refractivity contribution < 1.29 is 0 Å². The molecule has 4 heteroatoms. The Balaban J connectivity index is 1.69. The minimum absolute atomic E-state index is 0.431. The third-order valence-corrected chi connectivity index (χ3v) is 7.23. The third kappa shape index (κ3) is 3.99. The van der Waals surface area contributed by atoms with E-state index >= 15 is 0 Å². The molecule has 2 heterocycles. The summed E-state index contributed by atoms with van der Waals surface area (Å²) in [6.45, 7) is 2.13. The van der Waals surface area contributed by atoms with E-state index in [4.69, 9.17) is 9.97 Å². The summed E-state index contributed by atoms with van der Waals surface area (Å²) >= 11 is 0. The number of anilines is 2. The summed E-state index contributed by atoms with van der Waals surface area (Å²) in [5.41, 5.74) is 8.13. The summed E-state index contributed by atoms with van der Waals surface area (Å²) < 4.78 is 2.52. The minimum atomic E-state index is 0.431. The lowest BCUT2D eigenvalue weighted by Gasteiger charge is -2.26. The fraction of sp³-hybridized carbons (Fsp3) is 0.226. The number of hydrogen-bond acceptors (Lipinski definition) is 3. The maximum Gasteiger partial charge on any atom is 0.146 e. The van der Waals surface area contributed by atoms with Crippen molar-refractivity contribution in [3.63, 3.8) is 0 Å². The van der Waals surface area contributed by atoms with Gasteiger partial charge in [-0.05, 0) is 42.5 Å². The van der Waals surface area contributed by atoms with Gasteiger partial charge in [0.2, 0.25) is 0 Å². The zero-order chi connectivity index (χ0) is 23.6. The molecule has 0 spiro atoms. The highest BCUT2D eigenvalue weighted by atomic mass is 15.1. The SMILES string of the molecule is Cc1ccccc1Nc1ncnc2c1c(-c1ccccc1)c(-c1ccccc1)n2C1CCCCC1. The van der Waals surface area contributed by atoms with Crippen LogP contribution in [0.15, 0.2) is 91.3 Å². The first-order valence-electron chi connectivity index (χ1n) is 12.6. The van der Waals surface area contributed by atoms with Crippen molar-refractivity contribution in [1.29, 1.82) is 0 Å². The van der Waals surface area contributed by atoms with Crippen LogP contribution in [0.25, 0.3) is 33.4 Å². The van der Waals surface area contributed by atoms with Gasteiger partial charge in [0, 0.05) is 17.3 Å². The van der Waals surface area contributed by atoms with Crippen molar-refractivity contribution in [2.75, 3.05) is 5.32 Å². The molecule has 0 unspecified atom stereocenters. The van der Waals surface area contributed by atoms with E-state index in [0.29, 0.717) is 6.04 Å². The van der Waals surface area contributed by atoms with Crippen LogP contribution in [0.2, 0.25) is 0 Å². The smallest absolute Gasteiger partial charge is 0.146 e. The van der Waals surface area contributed by atoms with Gasteiger partial charge in [-0.25, -0.2) is 9.97 Å². The van der Waals surface area contributed by atoms with Gasteiger partial charge in [0.1, 0.15) is 17.8 Å². The number of nitrogens with zero attached hydrogens (tertiary/aromatic N) is 3. The number of hydrogen-bond donors (Lipinski definition) is 1. The predicted octanol–water partition coefficient (Wildman–Crippen LogP) is 8.32. The Labute approximate surface area is 206 Å². The molecule has 0 aliphatic heterocycles. The van der Waals surface area contributed by atoms with Crippen LogP contribution < -0.4 is 5.32 Å². The highest BCUT2D eigenvalue weighted by Gasteiger charge is 2.28. The van der Waals surface area contributed by atoms with E-state index in [-0.39, 0.29) is 0 Å². The van der Waals surface area contributed by atoms with Crippen LogP contribution in [-0.2, 0) is 0 Å². The number of aryl methyl sites for hydroxylation is 1. The minimum Gasteiger partial charge on any atom is -0.339 e. The van der Waals surface area contributed by atoms with E-state index in [1.165, 1.54) is 60.1 Å². The summed E-state index contributed by atoms with van der Waals surface area (Å²) in [5, 5.41) is 4.75. The number of fused-ring (bicyclic) bond motifs is 1. The summed E-state index contributed by atoms with van der Waals surface area (Å²) in [5.74, 6) is 0.856. The van der Waals surface area contributed by atoms with Crippen LogP contribution in [0.1, 0.15) is 43.7 Å². The number of rotatable bonds is 5. The molecule has 0 amide bonds. The molecule has 0 atom stereocenters. The third-order valence-electron chi connectivity index (χ3n) is 7.23. The number of benzene rings is 3. The van der Waals surface area contributed by atoms with Crippen LogP contribution in [0, 0.1) is 6.92 Å². The zero-order valence-corrected chi connectivity index (χ0v) is 20.1. The van der Waals surface area contributed by atoms with Gasteiger partial charge in [-0.2, -0.15) is 0 Å². The maximum atomic E-state index is 4.93. The number of para-hydroxylation sites is 1. The normalized spacial score (nSPS) is 14.3. The quantitative estimate of drug-likeness (QED) is 0.288. The molecule has 0 radical (unpaired) electrons. The number of nitrogens with one attached hydrogen (secondary N) is 1. The molecule has 0 saturated heterocycles. The predicted molar refractivity (Wildman–Crippen MR) is 145 cm³/mol. The standard InChI is InChI=1S/C31H30N4/c1-22-13-11-12-20-26(22)34-30-28-27(23-14-5-2-6-15-23)29(24-16-7-3-8-17-24)35(31(28)33-21-32-30)25-18-9-4-10-19-25/h2-3,5-8,11-17,20-21,25H,4,9-10,18-19H2,1H3,(H,32,33,34). The Morgan fingerprint density at radius 2 is 1.40 bits per heavy atom. The highest BCUT2D eigenvalue weighted by Crippen LogP contribution is 2.46. The van der Waals surface area contributed by atoms with E-state index < -0.39 is 0 Å². The summed E-state index contributed by atoms with van der Waals surface area (Å²) in [6, 6.07) is 30.3. The van der Waals surface area contributed by atoms with Crippen molar-refractivity contribution in [3.8, 4) is 22.4 Å². The monoisotopic (exact) mass is 458 g/mol. The Hall–Kier alpha value is -3.92. The lowest BCUT2D eigenvalue weighted by Crippen LogP contribution is -2.14. The molecular formula is C31H30N4. The maximum absolute atomic E-state index is 4.93. The average Bonchev–Trinajstić information content (AvgIpc) is 3.28. The molecular weight excluding hydrogens is 428 g/mol. The second kappa shape index (κ2) is 9.38. The molecule has 6 rings (SSSR count). The fourth-order valence-electron chi connectivity index (χ4n) is 5.53. The summed E-state index contributed by atoms with van der Waals surface area (Å²) in [4.78, 5) is 9.71. The van der Waals surface area contributed by atoms with Crippen molar-refractivity contribution in [3.05, 3.63) is 96.8 Å². The first kappa shape index (κ1) is 21.6. The van der Waals surface area contributed by atoms with Gasteiger partial charge in [0.25, 0.3) is 0 Å². The Kier molecular flexibility index (Phi) is 5.79. The van der Waals surface area contributed by atoms with E-state index in [1.807, 2.05) is 0 Å². The zero-order valence-electron chi connectivity index (χ0n) is 20.1. The second-order valence-corrected chi connectivity index (χ2v) is 9.48. The first-order valence-corrected chi connectivity index (χ1v) is 12.6. The Morgan fingerprint density at radius 3 is 2.11 bits per heavy atom. The van der Waals surface area contributed by atoms with Gasteiger partial charge in [-0.15, -0.1) is 0 Å². The van der Waals surface area contributed by atoms with Crippen LogP contribution >= 0.6 is 0 Å². The van der Waals surface area contributed by atoms with Crippen molar-refractivity contribution in [2.45, 2.75) is 45.1 Å². The summed E-state index contributed by atoms with van der Waals surface area (Å²) in [7, 11) is 0. The topological polar surface area (TPSA) is 42.7 Å². The first-order chi connectivity index (χ1) is 17.3. The molecule has 0 bridgehead atoms. The van der Waals surface area contributed by atoms with E-state index in [1.54, 1.807) is 6.33 Å². The molecule has 3 aromatic carbocycles. The van der Waals surface area contributed by atoms with E-state index in [9.17, 15) is 0 Å². The van der Waals surface area contributed by atoms with Gasteiger partial charge in [-0.3, -0.25) is 0 Å². The summed E-state index contributed by atoms with van der Waals surface area (Å²) in [6.07, 6.45) is 7.92. The molecule has 35 heavy (non-hydrogen) atoms. The fourth-order valence-corrected chi connectivity index (χ4v) is 5.53. The van der Waals surface area contributed by atoms with Gasteiger partial charge < -0.3 is 9.88 Å². The van der Waals surface area contributed by atoms with Gasteiger partial charge in [0.05, 0.1) is 11.1 Å². The van der Waals surface area contributed by atoms with Crippen molar-refractivity contribution in [1.82, 2.24) is 14.5 Å². The molecule has 2 aromatic heterocycles. The van der Waals surface area contributed by atoms with Gasteiger partial charge in [0.15, 0.2) is 0 Å². The Morgan fingerprint density at radius 1 is 0.743 bits per heavy atom. The highest BCUT2D eigenvalue weighted by molar-refractivity contribution is 6.09. The van der Waals surface area contributed by atoms with Gasteiger partial charge >= 0.3 is 0 Å². The molecule has 4 nitrogen and oxygen atoms in total. The van der Waals surface area contributed by atoms with Crippen molar-refractivity contribution in [2.24, 2.45) is 0 Å². The van der Waals surface area contributed by atoms with Gasteiger partial charge in [-0.1, -0.05) is 98.1 Å². The average molecular weight is 459 g/mol. The largest absolute Gasteiger partial charge is 0.339 e. The molecule has 1 aliphatic rings. The number of aromatic nitrogens is 3. The van der Waals surface area contributed by atoms with Crippen LogP contribution in [0.4, 0.5) is 11.5 Å².